The van der Waals surface area contributed by atoms with Crippen LogP contribution in [0.5, 0.6) is 0 Å². The van der Waals surface area contributed by atoms with E-state index in [-0.39, 0.29) is 12.1 Å². The average Bonchev–Trinajstić information content (AvgIpc) is 3.47. The molecule has 4 nitrogen and oxygen atoms in total. The molecule has 2 aromatic carbocycles. The summed E-state index contributed by atoms with van der Waals surface area (Å²) < 4.78 is 2.34. The van der Waals surface area contributed by atoms with Crippen LogP contribution in [-0.4, -0.2) is 21.8 Å². The first kappa shape index (κ1) is 22.5. The minimum absolute atomic E-state index is 0.0606. The van der Waals surface area contributed by atoms with E-state index in [1.165, 1.54) is 38.7 Å². The van der Waals surface area contributed by atoms with E-state index in [9.17, 15) is 4.79 Å². The van der Waals surface area contributed by atoms with Crippen molar-refractivity contribution in [3.8, 4) is 5.00 Å². The third kappa shape index (κ3) is 3.99. The summed E-state index contributed by atoms with van der Waals surface area (Å²) in [5.41, 5.74) is 6.99. The fourth-order valence-electron chi connectivity index (χ4n) is 5.42. The second-order valence-electron chi connectivity index (χ2n) is 9.35. The van der Waals surface area contributed by atoms with Gasteiger partial charge in [-0.15, -0.1) is 23.1 Å². The van der Waals surface area contributed by atoms with Gasteiger partial charge in [0.2, 0.25) is 0 Å². The van der Waals surface area contributed by atoms with Crippen LogP contribution in [0.1, 0.15) is 51.7 Å². The number of hydrogen-bond donors (Lipinski definition) is 1. The van der Waals surface area contributed by atoms with Gasteiger partial charge in [0, 0.05) is 27.2 Å². The zero-order valence-electron chi connectivity index (χ0n) is 20.1. The fourth-order valence-corrected chi connectivity index (χ4v) is 7.24. The fraction of sp³-hybridized carbons (Fsp3) is 0.276. The first-order chi connectivity index (χ1) is 17.1. The first-order valence-corrected chi connectivity index (χ1v) is 14.3. The number of nitrogens with one attached hydrogen (secondary N) is 1. The molecule has 0 radical (unpaired) electrons. The minimum Gasteiger partial charge on any atom is -0.310 e. The predicted molar refractivity (Wildman–Crippen MR) is 146 cm³/mol. The van der Waals surface area contributed by atoms with Crippen LogP contribution in [0.25, 0.3) is 5.00 Å². The van der Waals surface area contributed by atoms with Crippen molar-refractivity contribution in [3.63, 3.8) is 0 Å². The number of carbonyl (C=O) groups is 1. The van der Waals surface area contributed by atoms with Crippen LogP contribution in [0.15, 0.2) is 71.8 Å². The number of rotatable bonds is 3. The van der Waals surface area contributed by atoms with Crippen LogP contribution in [0.2, 0.25) is 0 Å². The van der Waals surface area contributed by atoms with Crippen molar-refractivity contribution in [2.75, 3.05) is 11.6 Å². The Bertz CT molecular complexity index is 1390. The molecule has 0 spiro atoms. The molecular formula is C29H29N3OS2. The van der Waals surface area contributed by atoms with Gasteiger partial charge in [-0.2, -0.15) is 0 Å². The molecular weight excluding hydrogens is 470 g/mol. The SMILES string of the molecule is CSc1ccc([C@@H]2c3cccn3-c3sc4c(c3CN2C(=O)Nc2ccccc2C)CCCC4)cc1. The molecule has 4 aromatic rings. The van der Waals surface area contributed by atoms with Crippen molar-refractivity contribution in [1.82, 2.24) is 9.47 Å². The third-order valence-corrected chi connectivity index (χ3v) is 9.33. The number of benzene rings is 2. The molecule has 1 N–H and O–H groups in total. The summed E-state index contributed by atoms with van der Waals surface area (Å²) >= 11 is 3.66. The standard InChI is InChI=1S/C29H29N3OS2/c1-19-8-3-5-10-24(19)30-29(33)32-18-23-22-9-4-6-12-26(22)35-28(23)31-17-7-11-25(31)27(32)20-13-15-21(34-2)16-14-20/h3,5,7-8,10-11,13-17,27H,4,6,9,12,18H2,1-2H3,(H,30,33)/t27-/m1/s1. The summed E-state index contributed by atoms with van der Waals surface area (Å²) in [6.07, 6.45) is 9.00. The second-order valence-corrected chi connectivity index (χ2v) is 11.3. The summed E-state index contributed by atoms with van der Waals surface area (Å²) in [5, 5.41) is 4.52. The smallest absolute Gasteiger partial charge is 0.310 e. The first-order valence-electron chi connectivity index (χ1n) is 12.2. The Morgan fingerprint density at radius 2 is 1.80 bits per heavy atom. The molecule has 3 heterocycles. The number of amides is 2. The van der Waals surface area contributed by atoms with Gasteiger partial charge in [-0.1, -0.05) is 30.3 Å². The molecule has 35 heavy (non-hydrogen) atoms. The lowest BCUT2D eigenvalue weighted by atomic mass is 9.95. The number of thioether (sulfide) groups is 1. The molecule has 2 aliphatic rings. The number of aryl methyl sites for hydroxylation is 2. The Morgan fingerprint density at radius 1 is 1.00 bits per heavy atom. The van der Waals surface area contributed by atoms with Gasteiger partial charge in [-0.05, 0) is 85.9 Å². The maximum atomic E-state index is 14.0. The Balaban J connectivity index is 1.50. The van der Waals surface area contributed by atoms with Crippen LogP contribution in [0.3, 0.4) is 0 Å². The molecule has 178 valence electrons. The number of fused-ring (bicyclic) bond motifs is 5. The van der Waals surface area contributed by atoms with E-state index in [0.717, 1.165) is 35.3 Å². The zero-order valence-corrected chi connectivity index (χ0v) is 21.7. The number of anilines is 1. The molecule has 2 amide bonds. The molecule has 0 unspecified atom stereocenters. The number of aromatic nitrogens is 1. The van der Waals surface area contributed by atoms with Crippen molar-refractivity contribution in [2.24, 2.45) is 0 Å². The minimum atomic E-state index is -0.177. The van der Waals surface area contributed by atoms with Gasteiger partial charge in [0.1, 0.15) is 5.00 Å². The van der Waals surface area contributed by atoms with Gasteiger partial charge in [0.25, 0.3) is 0 Å². The van der Waals surface area contributed by atoms with Crippen LogP contribution >= 0.6 is 23.1 Å². The highest BCUT2D eigenvalue weighted by Crippen LogP contribution is 2.44. The predicted octanol–water partition coefficient (Wildman–Crippen LogP) is 7.59. The lowest BCUT2D eigenvalue weighted by Crippen LogP contribution is -2.38. The number of para-hydroxylation sites is 1. The van der Waals surface area contributed by atoms with Crippen LogP contribution in [0, 0.1) is 6.92 Å². The Hall–Kier alpha value is -2.96. The van der Waals surface area contributed by atoms with Crippen LogP contribution in [0.4, 0.5) is 10.5 Å². The third-order valence-electron chi connectivity index (χ3n) is 7.26. The molecule has 1 aliphatic heterocycles. The van der Waals surface area contributed by atoms with Gasteiger partial charge in [0.15, 0.2) is 0 Å². The number of thiophene rings is 1. The van der Waals surface area contributed by atoms with Crippen molar-refractivity contribution in [3.05, 3.63) is 99.7 Å². The van der Waals surface area contributed by atoms with Gasteiger partial charge in [-0.25, -0.2) is 4.79 Å². The maximum Gasteiger partial charge on any atom is 0.322 e. The van der Waals surface area contributed by atoms with Gasteiger partial charge >= 0.3 is 6.03 Å². The normalized spacial score (nSPS) is 16.7. The molecule has 0 bridgehead atoms. The van der Waals surface area contributed by atoms with E-state index in [4.69, 9.17) is 0 Å². The molecule has 1 atom stereocenters. The van der Waals surface area contributed by atoms with Crippen molar-refractivity contribution in [2.45, 2.75) is 50.1 Å². The number of nitrogens with zero attached hydrogens (tertiary/aromatic N) is 2. The van der Waals surface area contributed by atoms with E-state index in [0.29, 0.717) is 6.54 Å². The summed E-state index contributed by atoms with van der Waals surface area (Å²) in [6.45, 7) is 2.64. The lowest BCUT2D eigenvalue weighted by Gasteiger charge is -2.31. The molecule has 0 saturated heterocycles. The topological polar surface area (TPSA) is 37.3 Å². The van der Waals surface area contributed by atoms with E-state index in [1.807, 2.05) is 47.4 Å². The second kappa shape index (κ2) is 9.25. The van der Waals surface area contributed by atoms with Crippen molar-refractivity contribution >= 4 is 34.8 Å². The van der Waals surface area contributed by atoms with E-state index >= 15 is 0 Å². The average molecular weight is 500 g/mol. The number of hydrogen-bond acceptors (Lipinski definition) is 3. The number of urea groups is 1. The molecule has 6 heteroatoms. The number of carbonyl (C=O) groups excluding carboxylic acids is 1. The Labute approximate surface area is 215 Å². The summed E-state index contributed by atoms with van der Waals surface area (Å²) in [4.78, 5) is 18.8. The van der Waals surface area contributed by atoms with Crippen molar-refractivity contribution < 1.29 is 4.79 Å². The molecule has 0 saturated carbocycles. The van der Waals surface area contributed by atoms with Gasteiger partial charge < -0.3 is 14.8 Å². The molecule has 2 aromatic heterocycles. The zero-order chi connectivity index (χ0) is 23.9. The highest BCUT2D eigenvalue weighted by atomic mass is 32.2. The largest absolute Gasteiger partial charge is 0.322 e. The van der Waals surface area contributed by atoms with Gasteiger partial charge in [0.05, 0.1) is 18.3 Å². The molecule has 6 rings (SSSR count). The van der Waals surface area contributed by atoms with E-state index in [1.54, 1.807) is 11.8 Å². The summed E-state index contributed by atoms with van der Waals surface area (Å²) in [5.74, 6) is 0. The van der Waals surface area contributed by atoms with E-state index in [2.05, 4.69) is 58.7 Å². The van der Waals surface area contributed by atoms with Gasteiger partial charge in [-0.3, -0.25) is 0 Å². The van der Waals surface area contributed by atoms with E-state index < -0.39 is 0 Å². The molecule has 0 fully saturated rings. The van der Waals surface area contributed by atoms with Crippen LogP contribution < -0.4 is 5.32 Å². The monoisotopic (exact) mass is 499 g/mol. The quantitative estimate of drug-likeness (QED) is 0.295. The highest BCUT2D eigenvalue weighted by Gasteiger charge is 2.36. The molecule has 1 aliphatic carbocycles. The summed E-state index contributed by atoms with van der Waals surface area (Å²) in [7, 11) is 0. The summed E-state index contributed by atoms with van der Waals surface area (Å²) in [6, 6.07) is 20.7. The van der Waals surface area contributed by atoms with Crippen LogP contribution in [-0.2, 0) is 19.4 Å². The van der Waals surface area contributed by atoms with Crippen molar-refractivity contribution in [1.29, 1.82) is 0 Å². The Morgan fingerprint density at radius 3 is 2.60 bits per heavy atom. The highest BCUT2D eigenvalue weighted by molar-refractivity contribution is 7.98. The Kier molecular flexibility index (Phi) is 5.94. The lowest BCUT2D eigenvalue weighted by molar-refractivity contribution is 0.194. The maximum absolute atomic E-state index is 14.0.